The van der Waals surface area contributed by atoms with Gasteiger partial charge < -0.3 is 14.6 Å². The van der Waals surface area contributed by atoms with Gasteiger partial charge in [-0.05, 0) is 56.0 Å². The Morgan fingerprint density at radius 3 is 2.86 bits per heavy atom. The van der Waals surface area contributed by atoms with Crippen LogP contribution in [0, 0.1) is 13.8 Å². The van der Waals surface area contributed by atoms with Crippen molar-refractivity contribution in [2.75, 3.05) is 11.9 Å². The predicted octanol–water partition coefficient (Wildman–Crippen LogP) is 4.26. The molecular weight excluding hydrogens is 374 g/mol. The van der Waals surface area contributed by atoms with Crippen molar-refractivity contribution in [2.45, 2.75) is 32.7 Å². The van der Waals surface area contributed by atoms with Gasteiger partial charge in [-0.25, -0.2) is 4.98 Å². The molecular formula is C21H21N3O3S. The molecule has 144 valence electrons. The van der Waals surface area contributed by atoms with Crippen LogP contribution >= 0.6 is 11.3 Å². The number of hydrogen-bond donors (Lipinski definition) is 1. The molecule has 7 heteroatoms. The minimum absolute atomic E-state index is 0.210. The van der Waals surface area contributed by atoms with E-state index in [1.54, 1.807) is 17.0 Å². The number of anilines is 1. The summed E-state index contributed by atoms with van der Waals surface area (Å²) in [5, 5.41) is 5.34. The number of aryl methyl sites for hydroxylation is 2. The number of carbonyl (C=O) groups is 2. The molecule has 1 unspecified atom stereocenters. The lowest BCUT2D eigenvalue weighted by Crippen LogP contribution is -2.43. The Bertz CT molecular complexity index is 1010. The molecule has 0 aliphatic carbocycles. The molecule has 1 fully saturated rings. The normalized spacial score (nSPS) is 16.4. The zero-order valence-corrected chi connectivity index (χ0v) is 16.6. The van der Waals surface area contributed by atoms with Crippen LogP contribution in [0.25, 0.3) is 11.3 Å². The van der Waals surface area contributed by atoms with E-state index in [1.807, 2.05) is 11.4 Å². The molecule has 6 nitrogen and oxygen atoms in total. The average Bonchev–Trinajstić information content (AvgIpc) is 3.44. The molecule has 0 bridgehead atoms. The van der Waals surface area contributed by atoms with Crippen LogP contribution in [0.3, 0.4) is 0 Å². The van der Waals surface area contributed by atoms with E-state index in [0.717, 1.165) is 17.7 Å². The summed E-state index contributed by atoms with van der Waals surface area (Å²) < 4.78 is 5.19. The topological polar surface area (TPSA) is 75.4 Å². The quantitative estimate of drug-likeness (QED) is 0.716. The Labute approximate surface area is 167 Å². The summed E-state index contributed by atoms with van der Waals surface area (Å²) in [6.07, 6.45) is 2.88. The second-order valence-electron chi connectivity index (χ2n) is 6.96. The summed E-state index contributed by atoms with van der Waals surface area (Å²) in [6.45, 7) is 4.69. The first kappa shape index (κ1) is 18.4. The monoisotopic (exact) mass is 395 g/mol. The number of likely N-dealkylation sites (tertiary alicyclic amines) is 1. The molecule has 0 radical (unpaired) electrons. The largest absolute Gasteiger partial charge is 0.459 e. The maximum atomic E-state index is 12.8. The van der Waals surface area contributed by atoms with Crippen LogP contribution in [-0.4, -0.2) is 34.3 Å². The molecule has 1 aliphatic heterocycles. The minimum Gasteiger partial charge on any atom is -0.459 e. The molecule has 0 spiro atoms. The van der Waals surface area contributed by atoms with Crippen molar-refractivity contribution < 1.29 is 14.0 Å². The molecule has 1 saturated heterocycles. The van der Waals surface area contributed by atoms with Crippen molar-refractivity contribution in [1.82, 2.24) is 9.88 Å². The van der Waals surface area contributed by atoms with Gasteiger partial charge in [-0.3, -0.25) is 9.59 Å². The van der Waals surface area contributed by atoms with Crippen molar-refractivity contribution in [1.29, 1.82) is 0 Å². The van der Waals surface area contributed by atoms with Gasteiger partial charge in [0.1, 0.15) is 6.04 Å². The van der Waals surface area contributed by atoms with Crippen molar-refractivity contribution in [3.63, 3.8) is 0 Å². The Balaban J connectivity index is 1.47. The van der Waals surface area contributed by atoms with Gasteiger partial charge in [-0.15, -0.1) is 11.3 Å². The minimum atomic E-state index is -0.508. The number of nitrogens with one attached hydrogen (secondary N) is 1. The van der Waals surface area contributed by atoms with Gasteiger partial charge in [0.2, 0.25) is 5.91 Å². The molecule has 2 aromatic heterocycles. The van der Waals surface area contributed by atoms with E-state index >= 15 is 0 Å². The van der Waals surface area contributed by atoms with E-state index in [1.165, 1.54) is 28.7 Å². The first-order chi connectivity index (χ1) is 13.5. The average molecular weight is 395 g/mol. The molecule has 1 N–H and O–H groups in total. The molecule has 0 saturated carbocycles. The van der Waals surface area contributed by atoms with Gasteiger partial charge in [0.15, 0.2) is 10.9 Å². The highest BCUT2D eigenvalue weighted by atomic mass is 32.1. The van der Waals surface area contributed by atoms with Gasteiger partial charge in [0, 0.05) is 17.5 Å². The van der Waals surface area contributed by atoms with Crippen molar-refractivity contribution >= 4 is 28.3 Å². The number of aromatic nitrogens is 1. The van der Waals surface area contributed by atoms with Crippen LogP contribution < -0.4 is 5.32 Å². The fraction of sp³-hybridized carbons (Fsp3) is 0.286. The standard InChI is InChI=1S/C21H21N3O3S/c1-13-7-8-15(11-14(13)2)16-12-28-21(22-16)23-19(25)17-5-3-9-24(17)20(26)18-6-4-10-27-18/h4,6-8,10-12,17H,3,5,9H2,1-2H3,(H,22,23,25). The summed E-state index contributed by atoms with van der Waals surface area (Å²) in [5.41, 5.74) is 4.29. The SMILES string of the molecule is Cc1ccc(-c2csc(NC(=O)C3CCCN3C(=O)c3ccco3)n2)cc1C. The van der Waals surface area contributed by atoms with Crippen LogP contribution in [0.4, 0.5) is 5.13 Å². The van der Waals surface area contributed by atoms with Gasteiger partial charge in [-0.2, -0.15) is 0 Å². The molecule has 3 aromatic rings. The second-order valence-corrected chi connectivity index (χ2v) is 7.82. The number of nitrogens with zero attached hydrogens (tertiary/aromatic N) is 2. The fourth-order valence-electron chi connectivity index (χ4n) is 3.38. The Kier molecular flexibility index (Phi) is 5.00. The number of benzene rings is 1. The van der Waals surface area contributed by atoms with Crippen LogP contribution in [0.1, 0.15) is 34.5 Å². The Morgan fingerprint density at radius 2 is 2.11 bits per heavy atom. The van der Waals surface area contributed by atoms with E-state index in [4.69, 9.17) is 4.42 Å². The third kappa shape index (κ3) is 3.57. The highest BCUT2D eigenvalue weighted by Gasteiger charge is 2.35. The fourth-order valence-corrected chi connectivity index (χ4v) is 4.10. The summed E-state index contributed by atoms with van der Waals surface area (Å²) in [4.78, 5) is 31.5. The number of rotatable bonds is 4. The summed E-state index contributed by atoms with van der Waals surface area (Å²) in [6, 6.07) is 8.97. The van der Waals surface area contributed by atoms with Crippen LogP contribution in [0.2, 0.25) is 0 Å². The Hall–Kier alpha value is -2.93. The summed E-state index contributed by atoms with van der Waals surface area (Å²) in [5.74, 6) is -0.207. The molecule has 1 atom stereocenters. The van der Waals surface area contributed by atoms with Crippen molar-refractivity contribution in [3.8, 4) is 11.3 Å². The van der Waals surface area contributed by atoms with Gasteiger partial charge in [-0.1, -0.05) is 12.1 Å². The predicted molar refractivity (Wildman–Crippen MR) is 108 cm³/mol. The van der Waals surface area contributed by atoms with Gasteiger partial charge in [0.25, 0.3) is 5.91 Å². The lowest BCUT2D eigenvalue weighted by molar-refractivity contribution is -0.119. The summed E-state index contributed by atoms with van der Waals surface area (Å²) in [7, 11) is 0. The number of hydrogen-bond acceptors (Lipinski definition) is 5. The lowest BCUT2D eigenvalue weighted by Gasteiger charge is -2.22. The van der Waals surface area contributed by atoms with E-state index in [0.29, 0.717) is 18.1 Å². The highest BCUT2D eigenvalue weighted by molar-refractivity contribution is 7.14. The first-order valence-electron chi connectivity index (χ1n) is 9.21. The van der Waals surface area contributed by atoms with Crippen molar-refractivity contribution in [3.05, 3.63) is 58.9 Å². The van der Waals surface area contributed by atoms with Crippen molar-refractivity contribution in [2.24, 2.45) is 0 Å². The maximum absolute atomic E-state index is 12.8. The zero-order chi connectivity index (χ0) is 19.7. The number of amides is 2. The molecule has 1 aromatic carbocycles. The second kappa shape index (κ2) is 7.59. The lowest BCUT2D eigenvalue weighted by atomic mass is 10.1. The van der Waals surface area contributed by atoms with Gasteiger partial charge in [0.05, 0.1) is 12.0 Å². The molecule has 28 heavy (non-hydrogen) atoms. The van der Waals surface area contributed by atoms with Crippen LogP contribution in [-0.2, 0) is 4.79 Å². The number of furan rings is 1. The van der Waals surface area contributed by atoms with Gasteiger partial charge >= 0.3 is 0 Å². The highest BCUT2D eigenvalue weighted by Crippen LogP contribution is 2.28. The van der Waals surface area contributed by atoms with E-state index < -0.39 is 6.04 Å². The molecule has 2 amide bonds. The van der Waals surface area contributed by atoms with E-state index in [-0.39, 0.29) is 17.6 Å². The molecule has 3 heterocycles. The summed E-state index contributed by atoms with van der Waals surface area (Å²) >= 11 is 1.38. The van der Waals surface area contributed by atoms with E-state index in [2.05, 4.69) is 36.3 Å². The zero-order valence-electron chi connectivity index (χ0n) is 15.8. The Morgan fingerprint density at radius 1 is 1.25 bits per heavy atom. The molecule has 4 rings (SSSR count). The number of thiazole rings is 1. The van der Waals surface area contributed by atoms with Crippen LogP contribution in [0.5, 0.6) is 0 Å². The van der Waals surface area contributed by atoms with Crippen LogP contribution in [0.15, 0.2) is 46.4 Å². The third-order valence-electron chi connectivity index (χ3n) is 5.09. The smallest absolute Gasteiger partial charge is 0.290 e. The molecule has 1 aliphatic rings. The first-order valence-corrected chi connectivity index (χ1v) is 10.1. The third-order valence-corrected chi connectivity index (χ3v) is 5.84. The van der Waals surface area contributed by atoms with E-state index in [9.17, 15) is 9.59 Å². The maximum Gasteiger partial charge on any atom is 0.290 e. The number of carbonyl (C=O) groups excluding carboxylic acids is 2.